The summed E-state index contributed by atoms with van der Waals surface area (Å²) in [5, 5.41) is 4.14. The van der Waals surface area contributed by atoms with E-state index in [-0.39, 0.29) is 11.0 Å². The molecule has 1 aromatic rings. The second-order valence-corrected chi connectivity index (χ2v) is 6.16. The van der Waals surface area contributed by atoms with Gasteiger partial charge in [0.05, 0.1) is 11.8 Å². The minimum absolute atomic E-state index is 0.00120. The van der Waals surface area contributed by atoms with Crippen molar-refractivity contribution in [3.63, 3.8) is 0 Å². The number of rotatable bonds is 5. The lowest BCUT2D eigenvalue weighted by molar-refractivity contribution is 0.114. The first kappa shape index (κ1) is 13.5. The van der Waals surface area contributed by atoms with Crippen LogP contribution in [0.4, 0.5) is 0 Å². The Labute approximate surface area is 107 Å². The fourth-order valence-corrected chi connectivity index (χ4v) is 3.26. The Morgan fingerprint density at radius 2 is 2.39 bits per heavy atom. The number of aromatic nitrogens is 2. The van der Waals surface area contributed by atoms with Crippen LogP contribution in [0.1, 0.15) is 25.5 Å². The van der Waals surface area contributed by atoms with Crippen molar-refractivity contribution < 1.29 is 13.2 Å². The molecule has 1 saturated heterocycles. The summed E-state index contributed by atoms with van der Waals surface area (Å²) >= 11 is 0. The molecule has 0 amide bonds. The molecule has 18 heavy (non-hydrogen) atoms. The molecule has 1 fully saturated rings. The van der Waals surface area contributed by atoms with Crippen molar-refractivity contribution >= 4 is 10.0 Å². The van der Waals surface area contributed by atoms with Crippen LogP contribution in [-0.4, -0.2) is 37.5 Å². The predicted molar refractivity (Wildman–Crippen MR) is 66.8 cm³/mol. The highest BCUT2D eigenvalue weighted by molar-refractivity contribution is 7.89. The van der Waals surface area contributed by atoms with E-state index in [0.717, 1.165) is 19.4 Å². The number of hydrogen-bond acceptors (Lipinski definition) is 4. The van der Waals surface area contributed by atoms with Crippen LogP contribution in [0.3, 0.4) is 0 Å². The van der Waals surface area contributed by atoms with Crippen LogP contribution in [0.15, 0.2) is 11.1 Å². The molecule has 1 atom stereocenters. The zero-order valence-electron chi connectivity index (χ0n) is 10.7. The van der Waals surface area contributed by atoms with E-state index in [1.165, 1.54) is 0 Å². The lowest BCUT2D eigenvalue weighted by Crippen LogP contribution is -2.32. The first-order valence-electron chi connectivity index (χ1n) is 6.18. The summed E-state index contributed by atoms with van der Waals surface area (Å²) in [4.78, 5) is 0.252. The van der Waals surface area contributed by atoms with Crippen molar-refractivity contribution in [2.45, 2.75) is 44.2 Å². The van der Waals surface area contributed by atoms with Crippen molar-refractivity contribution in [3.8, 4) is 0 Å². The Morgan fingerprint density at radius 1 is 1.61 bits per heavy atom. The Balaban J connectivity index is 2.06. The number of hydrogen-bond donors (Lipinski definition) is 1. The van der Waals surface area contributed by atoms with E-state index >= 15 is 0 Å². The summed E-state index contributed by atoms with van der Waals surface area (Å²) in [6.45, 7) is 5.33. The van der Waals surface area contributed by atoms with Gasteiger partial charge in [-0.15, -0.1) is 0 Å². The summed E-state index contributed by atoms with van der Waals surface area (Å²) < 4.78 is 33.8. The highest BCUT2D eigenvalue weighted by Gasteiger charge is 2.23. The minimum atomic E-state index is -3.48. The van der Waals surface area contributed by atoms with Crippen LogP contribution < -0.4 is 4.72 Å². The Morgan fingerprint density at radius 3 is 2.94 bits per heavy atom. The van der Waals surface area contributed by atoms with Crippen molar-refractivity contribution in [1.82, 2.24) is 14.5 Å². The van der Waals surface area contributed by atoms with Gasteiger partial charge < -0.3 is 4.74 Å². The third-order valence-corrected chi connectivity index (χ3v) is 4.57. The van der Waals surface area contributed by atoms with Crippen molar-refractivity contribution in [1.29, 1.82) is 0 Å². The predicted octanol–water partition coefficient (Wildman–Crippen LogP) is 0.669. The van der Waals surface area contributed by atoms with Crippen LogP contribution in [-0.2, 0) is 21.3 Å². The second kappa shape index (κ2) is 5.38. The smallest absolute Gasteiger partial charge is 0.244 e. The van der Waals surface area contributed by atoms with Gasteiger partial charge in [0.2, 0.25) is 10.0 Å². The molecule has 0 aromatic carbocycles. The highest BCUT2D eigenvalue weighted by atomic mass is 32.2. The first-order chi connectivity index (χ1) is 8.53. The normalized spacial score (nSPS) is 20.4. The summed E-state index contributed by atoms with van der Waals surface area (Å²) in [6, 6.07) is 0. The van der Waals surface area contributed by atoms with E-state index in [1.807, 2.05) is 6.92 Å². The summed E-state index contributed by atoms with van der Waals surface area (Å²) in [5.74, 6) is 0. The third-order valence-electron chi connectivity index (χ3n) is 3.04. The monoisotopic (exact) mass is 273 g/mol. The van der Waals surface area contributed by atoms with Crippen LogP contribution in [0.25, 0.3) is 0 Å². The number of ether oxygens (including phenoxy) is 1. The molecule has 7 heteroatoms. The summed E-state index contributed by atoms with van der Waals surface area (Å²) in [6.07, 6.45) is 3.48. The zero-order valence-corrected chi connectivity index (χ0v) is 11.5. The Kier molecular flexibility index (Phi) is 4.04. The van der Waals surface area contributed by atoms with Crippen molar-refractivity contribution in [2.24, 2.45) is 0 Å². The number of nitrogens with one attached hydrogen (secondary N) is 1. The zero-order chi connectivity index (χ0) is 13.2. The molecule has 0 spiro atoms. The molecule has 0 bridgehead atoms. The molecule has 0 saturated carbocycles. The van der Waals surface area contributed by atoms with Crippen molar-refractivity contribution in [2.75, 3.05) is 13.2 Å². The van der Waals surface area contributed by atoms with Gasteiger partial charge in [-0.2, -0.15) is 5.10 Å². The molecule has 6 nitrogen and oxygen atoms in total. The molecule has 2 rings (SSSR count). The molecule has 102 valence electrons. The van der Waals surface area contributed by atoms with Gasteiger partial charge in [0.25, 0.3) is 0 Å². The largest absolute Gasteiger partial charge is 0.377 e. The Bertz CT molecular complexity index is 504. The maximum atomic E-state index is 12.1. The van der Waals surface area contributed by atoms with E-state index in [1.54, 1.807) is 17.8 Å². The Hall–Kier alpha value is -0.920. The van der Waals surface area contributed by atoms with E-state index in [2.05, 4.69) is 9.82 Å². The quantitative estimate of drug-likeness (QED) is 0.855. The average Bonchev–Trinajstić information content (AvgIpc) is 2.95. The molecule has 0 aliphatic carbocycles. The third kappa shape index (κ3) is 2.90. The highest BCUT2D eigenvalue weighted by Crippen LogP contribution is 2.15. The fourth-order valence-electron chi connectivity index (χ4n) is 2.01. The van der Waals surface area contributed by atoms with E-state index in [4.69, 9.17) is 4.74 Å². The van der Waals surface area contributed by atoms with Crippen LogP contribution in [0.5, 0.6) is 0 Å². The average molecular weight is 273 g/mol. The van der Waals surface area contributed by atoms with Gasteiger partial charge in [0.1, 0.15) is 4.90 Å². The molecular weight excluding hydrogens is 254 g/mol. The summed E-state index contributed by atoms with van der Waals surface area (Å²) in [5.41, 5.74) is 0.525. The molecule has 1 aliphatic rings. The molecule has 1 aliphatic heterocycles. The molecule has 0 radical (unpaired) electrons. The molecule has 2 heterocycles. The van der Waals surface area contributed by atoms with Gasteiger partial charge in [0.15, 0.2) is 0 Å². The topological polar surface area (TPSA) is 73.2 Å². The van der Waals surface area contributed by atoms with Gasteiger partial charge in [-0.3, -0.25) is 4.68 Å². The van der Waals surface area contributed by atoms with Gasteiger partial charge in [-0.05, 0) is 26.7 Å². The fraction of sp³-hybridized carbons (Fsp3) is 0.727. The van der Waals surface area contributed by atoms with Crippen LogP contribution >= 0.6 is 0 Å². The standard InChI is InChI=1S/C11H19N3O3S/c1-3-14-8-11(9(2)13-14)18(15,16)12-7-10-5-4-6-17-10/h8,10,12H,3-7H2,1-2H3. The maximum absolute atomic E-state index is 12.1. The van der Waals surface area contributed by atoms with Crippen LogP contribution in [0.2, 0.25) is 0 Å². The first-order valence-corrected chi connectivity index (χ1v) is 7.66. The van der Waals surface area contributed by atoms with E-state index in [9.17, 15) is 8.42 Å². The number of aryl methyl sites for hydroxylation is 2. The summed E-state index contributed by atoms with van der Waals surface area (Å²) in [7, 11) is -3.48. The molecule has 1 aromatic heterocycles. The van der Waals surface area contributed by atoms with Gasteiger partial charge >= 0.3 is 0 Å². The van der Waals surface area contributed by atoms with Crippen LogP contribution in [0, 0.1) is 6.92 Å². The number of sulfonamides is 1. The van der Waals surface area contributed by atoms with Gasteiger partial charge in [-0.1, -0.05) is 0 Å². The SMILES string of the molecule is CCn1cc(S(=O)(=O)NCC2CCCO2)c(C)n1. The molecular formula is C11H19N3O3S. The van der Waals surface area contributed by atoms with Gasteiger partial charge in [0, 0.05) is 25.9 Å². The van der Waals surface area contributed by atoms with E-state index < -0.39 is 10.0 Å². The molecule has 1 unspecified atom stereocenters. The van der Waals surface area contributed by atoms with Gasteiger partial charge in [-0.25, -0.2) is 13.1 Å². The lowest BCUT2D eigenvalue weighted by atomic mass is 10.2. The minimum Gasteiger partial charge on any atom is -0.377 e. The number of nitrogens with zero attached hydrogens (tertiary/aromatic N) is 2. The van der Waals surface area contributed by atoms with Crippen molar-refractivity contribution in [3.05, 3.63) is 11.9 Å². The second-order valence-electron chi connectivity index (χ2n) is 4.42. The molecule has 1 N–H and O–H groups in total. The van der Waals surface area contributed by atoms with E-state index in [0.29, 0.717) is 18.8 Å². The maximum Gasteiger partial charge on any atom is 0.244 e. The lowest BCUT2D eigenvalue weighted by Gasteiger charge is -2.10.